The van der Waals surface area contributed by atoms with Crippen LogP contribution in [0.2, 0.25) is 0 Å². The van der Waals surface area contributed by atoms with Crippen LogP contribution < -0.4 is 10.1 Å². The number of aryl methyl sites for hydroxylation is 1. The van der Waals surface area contributed by atoms with Gasteiger partial charge in [0.1, 0.15) is 5.75 Å². The van der Waals surface area contributed by atoms with E-state index in [4.69, 9.17) is 4.74 Å². The zero-order valence-electron chi connectivity index (χ0n) is 15.0. The number of hydrogen-bond donors (Lipinski definition) is 2. The van der Waals surface area contributed by atoms with Crippen LogP contribution in [0.3, 0.4) is 0 Å². The first kappa shape index (κ1) is 17.5. The number of methoxy groups -OCH3 is 1. The molecule has 1 fully saturated rings. The summed E-state index contributed by atoms with van der Waals surface area (Å²) in [5.74, 6) is 0.708. The maximum atomic E-state index is 12.4. The van der Waals surface area contributed by atoms with Gasteiger partial charge in [0.2, 0.25) is 0 Å². The van der Waals surface area contributed by atoms with Gasteiger partial charge in [0.05, 0.1) is 18.4 Å². The normalized spacial score (nSPS) is 22.8. The number of carbonyl (C=O) groups excluding carboxylic acids is 1. The molecule has 1 aromatic heterocycles. The second-order valence-electron chi connectivity index (χ2n) is 6.86. The molecule has 1 amide bonds. The summed E-state index contributed by atoms with van der Waals surface area (Å²) in [6.45, 7) is 4.20. The van der Waals surface area contributed by atoms with Gasteiger partial charge >= 0.3 is 0 Å². The van der Waals surface area contributed by atoms with Crippen molar-refractivity contribution in [2.24, 2.45) is 5.92 Å². The lowest BCUT2D eigenvalue weighted by molar-refractivity contribution is 0.0101. The largest absolute Gasteiger partial charge is 0.497 e. The second-order valence-corrected chi connectivity index (χ2v) is 6.86. The lowest BCUT2D eigenvalue weighted by Gasteiger charge is -2.27. The first-order valence-corrected chi connectivity index (χ1v) is 8.64. The number of nitrogens with zero attached hydrogens (tertiary/aromatic N) is 2. The third-order valence-corrected chi connectivity index (χ3v) is 5.16. The first-order chi connectivity index (χ1) is 11.9. The van der Waals surface area contributed by atoms with Gasteiger partial charge in [-0.3, -0.25) is 4.79 Å². The Morgan fingerprint density at radius 3 is 2.76 bits per heavy atom. The van der Waals surface area contributed by atoms with E-state index in [0.29, 0.717) is 5.69 Å². The fourth-order valence-corrected chi connectivity index (χ4v) is 3.39. The Morgan fingerprint density at radius 2 is 2.16 bits per heavy atom. The number of hydrogen-bond acceptors (Lipinski definition) is 4. The monoisotopic (exact) mass is 343 g/mol. The van der Waals surface area contributed by atoms with Crippen molar-refractivity contribution in [3.05, 3.63) is 41.7 Å². The molecule has 2 N–H and O–H groups in total. The fraction of sp³-hybridized carbons (Fsp3) is 0.474. The number of ether oxygens (including phenoxy) is 1. The molecule has 134 valence electrons. The molecule has 3 rings (SSSR count). The third kappa shape index (κ3) is 3.54. The summed E-state index contributed by atoms with van der Waals surface area (Å²) < 4.78 is 6.88. The highest BCUT2D eigenvalue weighted by atomic mass is 16.5. The van der Waals surface area contributed by atoms with Gasteiger partial charge in [-0.1, -0.05) is 13.3 Å². The predicted octanol–water partition coefficient (Wildman–Crippen LogP) is 2.47. The molecule has 2 atom stereocenters. The fourth-order valence-electron chi connectivity index (χ4n) is 3.39. The zero-order valence-corrected chi connectivity index (χ0v) is 15.0. The van der Waals surface area contributed by atoms with Crippen molar-refractivity contribution in [3.8, 4) is 11.4 Å². The van der Waals surface area contributed by atoms with Crippen LogP contribution in [-0.4, -0.2) is 40.0 Å². The predicted molar refractivity (Wildman–Crippen MR) is 95.2 cm³/mol. The molecule has 1 heterocycles. The summed E-state index contributed by atoms with van der Waals surface area (Å²) >= 11 is 0. The molecule has 6 nitrogen and oxygen atoms in total. The Balaban J connectivity index is 1.71. The average Bonchev–Trinajstić information content (AvgIpc) is 3.16. The minimum absolute atomic E-state index is 0.200. The Kier molecular flexibility index (Phi) is 4.81. The van der Waals surface area contributed by atoms with E-state index >= 15 is 0 Å². The first-order valence-electron chi connectivity index (χ1n) is 8.64. The Labute approximate surface area is 147 Å². The van der Waals surface area contributed by atoms with E-state index in [1.165, 1.54) is 0 Å². The van der Waals surface area contributed by atoms with E-state index in [0.717, 1.165) is 36.4 Å². The molecular formula is C19H25N3O3. The molecule has 1 aliphatic carbocycles. The SMILES string of the molecule is COc1ccc(-n2nc(C(=O)NCC3(O)CCCC3C)cc2C)cc1. The lowest BCUT2D eigenvalue weighted by atomic mass is 9.92. The Hall–Kier alpha value is -2.34. The van der Waals surface area contributed by atoms with Crippen molar-refractivity contribution in [1.29, 1.82) is 0 Å². The summed E-state index contributed by atoms with van der Waals surface area (Å²) in [6.07, 6.45) is 2.73. The summed E-state index contributed by atoms with van der Waals surface area (Å²) in [7, 11) is 1.62. The standard InChI is InChI=1S/C19H25N3O3/c1-13-5-4-10-19(13,24)12-20-18(23)17-11-14(2)22(21-17)15-6-8-16(25-3)9-7-15/h6-9,11,13,24H,4-5,10,12H2,1-3H3,(H,20,23). The molecule has 1 saturated carbocycles. The van der Waals surface area contributed by atoms with Gasteiger partial charge in [0.25, 0.3) is 5.91 Å². The number of carbonyl (C=O) groups is 1. The number of benzene rings is 1. The van der Waals surface area contributed by atoms with Crippen LogP contribution in [0.5, 0.6) is 5.75 Å². The smallest absolute Gasteiger partial charge is 0.271 e. The van der Waals surface area contributed by atoms with Crippen LogP contribution in [-0.2, 0) is 0 Å². The maximum absolute atomic E-state index is 12.4. The van der Waals surface area contributed by atoms with E-state index in [2.05, 4.69) is 10.4 Å². The van der Waals surface area contributed by atoms with Gasteiger partial charge in [-0.05, 0) is 56.0 Å². The highest BCUT2D eigenvalue weighted by molar-refractivity contribution is 5.92. The number of rotatable bonds is 5. The highest BCUT2D eigenvalue weighted by Crippen LogP contribution is 2.34. The van der Waals surface area contributed by atoms with Gasteiger partial charge < -0.3 is 15.2 Å². The summed E-state index contributed by atoms with van der Waals surface area (Å²) in [4.78, 5) is 12.4. The zero-order chi connectivity index (χ0) is 18.0. The number of aliphatic hydroxyl groups is 1. The molecule has 1 aliphatic rings. The molecule has 2 unspecified atom stereocenters. The second kappa shape index (κ2) is 6.88. The molecule has 0 radical (unpaired) electrons. The molecule has 6 heteroatoms. The van der Waals surface area contributed by atoms with Gasteiger partial charge in [-0.15, -0.1) is 0 Å². The average molecular weight is 343 g/mol. The van der Waals surface area contributed by atoms with E-state index in [1.807, 2.05) is 38.1 Å². The van der Waals surface area contributed by atoms with E-state index < -0.39 is 5.60 Å². The van der Waals surface area contributed by atoms with Crippen LogP contribution >= 0.6 is 0 Å². The molecule has 2 aromatic rings. The summed E-state index contributed by atoms with van der Waals surface area (Å²) in [5, 5.41) is 17.8. The van der Waals surface area contributed by atoms with E-state index in [1.54, 1.807) is 17.9 Å². The van der Waals surface area contributed by atoms with Gasteiger partial charge in [0, 0.05) is 12.2 Å². The molecular weight excluding hydrogens is 318 g/mol. The van der Waals surface area contributed by atoms with Crippen molar-refractivity contribution < 1.29 is 14.6 Å². The highest BCUT2D eigenvalue weighted by Gasteiger charge is 2.38. The molecule has 1 aromatic carbocycles. The molecule has 25 heavy (non-hydrogen) atoms. The molecule has 0 bridgehead atoms. The molecule has 0 spiro atoms. The molecule has 0 saturated heterocycles. The summed E-state index contributed by atoms with van der Waals surface area (Å²) in [6, 6.07) is 9.25. The number of amides is 1. The minimum Gasteiger partial charge on any atom is -0.497 e. The number of nitrogens with one attached hydrogen (secondary N) is 1. The van der Waals surface area contributed by atoms with Gasteiger partial charge in [-0.25, -0.2) is 4.68 Å². The summed E-state index contributed by atoms with van der Waals surface area (Å²) in [5.41, 5.74) is 1.27. The molecule has 0 aliphatic heterocycles. The van der Waals surface area contributed by atoms with Crippen LogP contribution in [0.4, 0.5) is 0 Å². The quantitative estimate of drug-likeness (QED) is 0.874. The van der Waals surface area contributed by atoms with Crippen molar-refractivity contribution in [2.45, 2.75) is 38.7 Å². The topological polar surface area (TPSA) is 76.4 Å². The van der Waals surface area contributed by atoms with Crippen molar-refractivity contribution in [2.75, 3.05) is 13.7 Å². The third-order valence-electron chi connectivity index (χ3n) is 5.16. The number of aromatic nitrogens is 2. The van der Waals surface area contributed by atoms with Crippen molar-refractivity contribution in [3.63, 3.8) is 0 Å². The van der Waals surface area contributed by atoms with Gasteiger partial charge in [-0.2, -0.15) is 5.10 Å². The van der Waals surface area contributed by atoms with Crippen molar-refractivity contribution in [1.82, 2.24) is 15.1 Å². The Morgan fingerprint density at radius 1 is 1.44 bits per heavy atom. The maximum Gasteiger partial charge on any atom is 0.271 e. The van der Waals surface area contributed by atoms with Crippen LogP contribution in [0.25, 0.3) is 5.69 Å². The van der Waals surface area contributed by atoms with Crippen LogP contribution in [0.15, 0.2) is 30.3 Å². The van der Waals surface area contributed by atoms with Crippen molar-refractivity contribution >= 4 is 5.91 Å². The lowest BCUT2D eigenvalue weighted by Crippen LogP contribution is -2.44. The van der Waals surface area contributed by atoms with Crippen LogP contribution in [0, 0.1) is 12.8 Å². The van der Waals surface area contributed by atoms with Crippen LogP contribution in [0.1, 0.15) is 42.4 Å². The van der Waals surface area contributed by atoms with Gasteiger partial charge in [0.15, 0.2) is 5.69 Å². The minimum atomic E-state index is -0.802. The Bertz CT molecular complexity index is 754. The van der Waals surface area contributed by atoms with E-state index in [-0.39, 0.29) is 18.4 Å². The van der Waals surface area contributed by atoms with E-state index in [9.17, 15) is 9.90 Å².